The van der Waals surface area contributed by atoms with Gasteiger partial charge in [0, 0.05) is 17.2 Å². The standard InChI is InChI=1S/C21H19Cl2F2NO5/c1-5-31-19(28)17(27)16(21(2,3)20(29)30-4)15-12(9-14(22)26-18(15)23)11-7-6-10(24)8-13(11)25/h6-9,16H,5H2,1-4H3. The molecule has 0 spiro atoms. The van der Waals surface area contributed by atoms with Crippen molar-refractivity contribution in [2.24, 2.45) is 5.41 Å². The highest BCUT2D eigenvalue weighted by molar-refractivity contribution is 6.38. The van der Waals surface area contributed by atoms with Gasteiger partial charge in [0.1, 0.15) is 21.9 Å². The van der Waals surface area contributed by atoms with E-state index in [1.165, 1.54) is 26.8 Å². The fourth-order valence-corrected chi connectivity index (χ4v) is 3.76. The minimum atomic E-state index is -1.65. The van der Waals surface area contributed by atoms with Crippen LogP contribution in [0.3, 0.4) is 0 Å². The van der Waals surface area contributed by atoms with Crippen LogP contribution < -0.4 is 0 Å². The first-order chi connectivity index (χ1) is 14.4. The van der Waals surface area contributed by atoms with E-state index in [0.717, 1.165) is 19.2 Å². The van der Waals surface area contributed by atoms with E-state index in [9.17, 15) is 23.2 Å². The maximum atomic E-state index is 14.6. The van der Waals surface area contributed by atoms with E-state index in [0.29, 0.717) is 6.07 Å². The summed E-state index contributed by atoms with van der Waals surface area (Å²) in [5.74, 6) is -6.56. The number of carbonyl (C=O) groups is 3. The van der Waals surface area contributed by atoms with Crippen molar-refractivity contribution in [2.45, 2.75) is 26.7 Å². The number of aromatic nitrogens is 1. The number of ether oxygens (including phenoxy) is 2. The van der Waals surface area contributed by atoms with Crippen LogP contribution in [-0.4, -0.2) is 36.4 Å². The second kappa shape index (κ2) is 9.70. The minimum Gasteiger partial charge on any atom is -0.469 e. The summed E-state index contributed by atoms with van der Waals surface area (Å²) in [5, 5.41) is -0.489. The minimum absolute atomic E-state index is 0.0397. The number of pyridine rings is 1. The molecule has 2 rings (SSSR count). The first-order valence-electron chi connectivity index (χ1n) is 9.06. The van der Waals surface area contributed by atoms with Crippen molar-refractivity contribution in [2.75, 3.05) is 13.7 Å². The third kappa shape index (κ3) is 5.02. The number of halogens is 4. The van der Waals surface area contributed by atoms with E-state index in [2.05, 4.69) is 4.98 Å². The van der Waals surface area contributed by atoms with Crippen molar-refractivity contribution in [1.82, 2.24) is 4.98 Å². The Hall–Kier alpha value is -2.58. The number of ketones is 1. The fourth-order valence-electron chi connectivity index (χ4n) is 3.22. The monoisotopic (exact) mass is 473 g/mol. The van der Waals surface area contributed by atoms with E-state index in [4.69, 9.17) is 32.7 Å². The van der Waals surface area contributed by atoms with E-state index in [-0.39, 0.29) is 33.6 Å². The second-order valence-electron chi connectivity index (χ2n) is 7.05. The Morgan fingerprint density at radius 1 is 1.13 bits per heavy atom. The van der Waals surface area contributed by atoms with Crippen molar-refractivity contribution in [3.8, 4) is 11.1 Å². The molecule has 2 aromatic rings. The number of esters is 2. The summed E-state index contributed by atoms with van der Waals surface area (Å²) < 4.78 is 37.7. The Balaban J connectivity index is 2.89. The van der Waals surface area contributed by atoms with Crippen LogP contribution in [0.1, 0.15) is 32.3 Å². The van der Waals surface area contributed by atoms with Gasteiger partial charge >= 0.3 is 11.9 Å². The van der Waals surface area contributed by atoms with Crippen LogP contribution in [0.2, 0.25) is 10.3 Å². The Bertz CT molecular complexity index is 1040. The van der Waals surface area contributed by atoms with Gasteiger partial charge < -0.3 is 9.47 Å². The maximum absolute atomic E-state index is 14.6. The summed E-state index contributed by atoms with van der Waals surface area (Å²) in [4.78, 5) is 41.8. The quantitative estimate of drug-likeness (QED) is 0.327. The van der Waals surface area contributed by atoms with E-state index >= 15 is 0 Å². The molecule has 0 fully saturated rings. The average molecular weight is 474 g/mol. The molecule has 0 N–H and O–H groups in total. The zero-order valence-electron chi connectivity index (χ0n) is 17.1. The van der Waals surface area contributed by atoms with Gasteiger partial charge in [-0.25, -0.2) is 18.6 Å². The third-order valence-electron chi connectivity index (χ3n) is 4.66. The Labute approximate surface area is 187 Å². The highest BCUT2D eigenvalue weighted by atomic mass is 35.5. The Morgan fingerprint density at radius 2 is 1.77 bits per heavy atom. The fraction of sp³-hybridized carbons (Fsp3) is 0.333. The number of methoxy groups -OCH3 is 1. The van der Waals surface area contributed by atoms with E-state index < -0.39 is 40.7 Å². The molecule has 0 aliphatic rings. The second-order valence-corrected chi connectivity index (χ2v) is 7.80. The van der Waals surface area contributed by atoms with Gasteiger partial charge in [0.05, 0.1) is 25.0 Å². The van der Waals surface area contributed by atoms with Crippen molar-refractivity contribution in [3.63, 3.8) is 0 Å². The van der Waals surface area contributed by atoms with Gasteiger partial charge in [0.2, 0.25) is 5.78 Å². The van der Waals surface area contributed by atoms with Crippen LogP contribution in [0.15, 0.2) is 24.3 Å². The smallest absolute Gasteiger partial charge is 0.375 e. The van der Waals surface area contributed by atoms with Gasteiger partial charge in [0.15, 0.2) is 0 Å². The zero-order chi connectivity index (χ0) is 23.5. The summed E-state index contributed by atoms with van der Waals surface area (Å²) in [6.45, 7) is 4.12. The summed E-state index contributed by atoms with van der Waals surface area (Å²) in [5.41, 5.74) is -2.00. The van der Waals surface area contributed by atoms with Crippen molar-refractivity contribution in [1.29, 1.82) is 0 Å². The maximum Gasteiger partial charge on any atom is 0.375 e. The molecule has 1 aromatic heterocycles. The molecule has 10 heteroatoms. The van der Waals surface area contributed by atoms with E-state index in [1.54, 1.807) is 0 Å². The predicted molar refractivity (Wildman–Crippen MR) is 110 cm³/mol. The molecule has 0 radical (unpaired) electrons. The molecule has 166 valence electrons. The summed E-state index contributed by atoms with van der Waals surface area (Å²) in [6.07, 6.45) is 0. The first-order valence-corrected chi connectivity index (χ1v) is 9.82. The van der Waals surface area contributed by atoms with Crippen LogP contribution in [0, 0.1) is 17.0 Å². The molecule has 1 heterocycles. The molecule has 0 aliphatic carbocycles. The lowest BCUT2D eigenvalue weighted by molar-refractivity contribution is -0.160. The van der Waals surface area contributed by atoms with Gasteiger partial charge in [-0.3, -0.25) is 9.59 Å². The lowest BCUT2D eigenvalue weighted by atomic mass is 9.71. The first kappa shape index (κ1) is 24.7. The summed E-state index contributed by atoms with van der Waals surface area (Å²) in [6, 6.07) is 3.96. The molecule has 1 aromatic carbocycles. The highest BCUT2D eigenvalue weighted by Crippen LogP contribution is 2.45. The largest absolute Gasteiger partial charge is 0.469 e. The lowest BCUT2D eigenvalue weighted by Gasteiger charge is -2.32. The number of hydrogen-bond donors (Lipinski definition) is 0. The summed E-state index contributed by atoms with van der Waals surface area (Å²) >= 11 is 12.3. The van der Waals surface area contributed by atoms with Crippen LogP contribution >= 0.6 is 23.2 Å². The van der Waals surface area contributed by atoms with Crippen LogP contribution in [0.5, 0.6) is 0 Å². The predicted octanol–water partition coefficient (Wildman–Crippen LogP) is 4.75. The average Bonchev–Trinajstić information content (AvgIpc) is 2.68. The van der Waals surface area contributed by atoms with Crippen LogP contribution in [-0.2, 0) is 23.9 Å². The van der Waals surface area contributed by atoms with Gasteiger partial charge in [0.25, 0.3) is 0 Å². The zero-order valence-corrected chi connectivity index (χ0v) is 18.6. The van der Waals surface area contributed by atoms with Crippen LogP contribution in [0.4, 0.5) is 8.78 Å². The number of nitrogens with zero attached hydrogens (tertiary/aromatic N) is 1. The Kier molecular flexibility index (Phi) is 7.72. The molecule has 6 nitrogen and oxygen atoms in total. The topological polar surface area (TPSA) is 82.6 Å². The molecule has 0 amide bonds. The summed E-state index contributed by atoms with van der Waals surface area (Å²) in [7, 11) is 1.11. The number of Topliss-reactive ketones (excluding diaryl/α,β-unsaturated/α-hetero) is 1. The number of carbonyl (C=O) groups excluding carboxylic acids is 3. The molecular formula is C21H19Cl2F2NO5. The molecule has 0 bridgehead atoms. The molecule has 0 saturated heterocycles. The molecule has 1 atom stereocenters. The third-order valence-corrected chi connectivity index (χ3v) is 5.14. The van der Waals surface area contributed by atoms with Crippen molar-refractivity contribution < 1.29 is 32.6 Å². The van der Waals surface area contributed by atoms with Crippen molar-refractivity contribution in [3.05, 3.63) is 51.8 Å². The van der Waals surface area contributed by atoms with Gasteiger partial charge in [-0.2, -0.15) is 0 Å². The molecule has 0 saturated carbocycles. The molecular weight excluding hydrogens is 455 g/mol. The Morgan fingerprint density at radius 3 is 2.32 bits per heavy atom. The van der Waals surface area contributed by atoms with Gasteiger partial charge in [-0.15, -0.1) is 0 Å². The number of hydrogen-bond acceptors (Lipinski definition) is 6. The van der Waals surface area contributed by atoms with Crippen LogP contribution in [0.25, 0.3) is 11.1 Å². The van der Waals surface area contributed by atoms with Gasteiger partial charge in [-0.05, 0) is 44.5 Å². The van der Waals surface area contributed by atoms with E-state index in [1.807, 2.05) is 0 Å². The number of benzene rings is 1. The molecule has 1 unspecified atom stereocenters. The highest BCUT2D eigenvalue weighted by Gasteiger charge is 2.48. The van der Waals surface area contributed by atoms with Crippen molar-refractivity contribution >= 4 is 40.9 Å². The van der Waals surface area contributed by atoms with Gasteiger partial charge in [-0.1, -0.05) is 23.2 Å². The molecule has 31 heavy (non-hydrogen) atoms. The number of rotatable bonds is 7. The normalized spacial score (nSPS) is 12.3. The lowest BCUT2D eigenvalue weighted by Crippen LogP contribution is -2.40. The molecule has 0 aliphatic heterocycles. The SMILES string of the molecule is CCOC(=O)C(=O)C(c1c(-c2ccc(F)cc2F)cc(Cl)nc1Cl)C(C)(C)C(=O)OC.